The second-order valence-corrected chi connectivity index (χ2v) is 8.70. The molecular formula is C20H24FN3O4S. The molecule has 1 saturated heterocycles. The zero-order valence-electron chi connectivity index (χ0n) is 16.3. The lowest BCUT2D eigenvalue weighted by Gasteiger charge is -2.36. The van der Waals surface area contributed by atoms with Gasteiger partial charge in [0, 0.05) is 26.2 Å². The van der Waals surface area contributed by atoms with E-state index in [9.17, 15) is 17.6 Å². The van der Waals surface area contributed by atoms with Gasteiger partial charge >= 0.3 is 0 Å². The minimum atomic E-state index is -3.76. The number of rotatable bonds is 6. The van der Waals surface area contributed by atoms with E-state index < -0.39 is 21.9 Å². The third kappa shape index (κ3) is 4.75. The Morgan fingerprint density at radius 1 is 1.10 bits per heavy atom. The molecular weight excluding hydrogens is 397 g/mol. The van der Waals surface area contributed by atoms with Crippen molar-refractivity contribution in [2.45, 2.75) is 17.9 Å². The van der Waals surface area contributed by atoms with E-state index in [-0.39, 0.29) is 23.9 Å². The van der Waals surface area contributed by atoms with Gasteiger partial charge in [-0.2, -0.15) is 4.31 Å². The summed E-state index contributed by atoms with van der Waals surface area (Å²) in [5.74, 6) is -0.221. The Hall–Kier alpha value is -2.49. The van der Waals surface area contributed by atoms with E-state index in [1.54, 1.807) is 25.1 Å². The van der Waals surface area contributed by atoms with Crippen LogP contribution in [0.15, 0.2) is 53.4 Å². The summed E-state index contributed by atoms with van der Waals surface area (Å²) in [6.45, 7) is 3.03. The summed E-state index contributed by atoms with van der Waals surface area (Å²) < 4.78 is 45.4. The number of halogens is 1. The average Bonchev–Trinajstić information content (AvgIpc) is 2.73. The summed E-state index contributed by atoms with van der Waals surface area (Å²) in [6, 6.07) is 11.7. The number of para-hydroxylation sites is 2. The molecule has 2 aromatic carbocycles. The van der Waals surface area contributed by atoms with Gasteiger partial charge in [-0.15, -0.1) is 0 Å². The molecule has 1 heterocycles. The number of nitrogens with one attached hydrogen (secondary N) is 1. The fraction of sp³-hybridized carbons (Fsp3) is 0.350. The highest BCUT2D eigenvalue weighted by molar-refractivity contribution is 7.89. The van der Waals surface area contributed by atoms with E-state index in [1.165, 1.54) is 29.6 Å². The van der Waals surface area contributed by atoms with E-state index in [1.807, 2.05) is 11.0 Å². The van der Waals surface area contributed by atoms with Crippen molar-refractivity contribution in [3.63, 3.8) is 0 Å². The second kappa shape index (κ2) is 8.89. The number of hydrogen-bond acceptors (Lipinski definition) is 5. The summed E-state index contributed by atoms with van der Waals surface area (Å²) in [6.07, 6.45) is 0. The lowest BCUT2D eigenvalue weighted by Crippen LogP contribution is -2.53. The minimum absolute atomic E-state index is 0.0621. The number of benzene rings is 2. The third-order valence-corrected chi connectivity index (χ3v) is 6.89. The number of anilines is 1. The standard InChI is InChI=1S/C20H24FN3O4S/c1-15(20(25)22-18-8-3-4-9-19(18)28-2)23-10-12-24(13-11-23)29(26,27)17-7-5-6-16(21)14-17/h3-9,14-15H,10-13H2,1-2H3,(H,22,25)/t15-/m1/s1. The summed E-state index contributed by atoms with van der Waals surface area (Å²) >= 11 is 0. The Labute approximate surface area is 170 Å². The second-order valence-electron chi connectivity index (χ2n) is 6.76. The SMILES string of the molecule is COc1ccccc1NC(=O)[C@@H](C)N1CCN(S(=O)(=O)c2cccc(F)c2)CC1. The minimum Gasteiger partial charge on any atom is -0.495 e. The summed E-state index contributed by atoms with van der Waals surface area (Å²) in [5, 5.41) is 2.85. The van der Waals surface area contributed by atoms with Crippen LogP contribution in [0.1, 0.15) is 6.92 Å². The number of ether oxygens (including phenoxy) is 1. The molecule has 1 amide bonds. The van der Waals surface area contributed by atoms with Crippen LogP contribution >= 0.6 is 0 Å². The molecule has 1 aliphatic heterocycles. The molecule has 9 heteroatoms. The third-order valence-electron chi connectivity index (χ3n) is 5.00. The van der Waals surface area contributed by atoms with E-state index in [4.69, 9.17) is 4.74 Å². The molecule has 0 unspecified atom stereocenters. The van der Waals surface area contributed by atoms with Crippen molar-refractivity contribution in [1.82, 2.24) is 9.21 Å². The average molecular weight is 421 g/mol. The van der Waals surface area contributed by atoms with Gasteiger partial charge in [0.15, 0.2) is 0 Å². The van der Waals surface area contributed by atoms with Gasteiger partial charge in [-0.3, -0.25) is 9.69 Å². The molecule has 29 heavy (non-hydrogen) atoms. The summed E-state index contributed by atoms with van der Waals surface area (Å²) in [4.78, 5) is 14.5. The monoisotopic (exact) mass is 421 g/mol. The van der Waals surface area contributed by atoms with Crippen LogP contribution in [0.5, 0.6) is 5.75 Å². The first kappa shape index (κ1) is 21.2. The molecule has 1 atom stereocenters. The number of carbonyl (C=O) groups excluding carboxylic acids is 1. The predicted octanol–water partition coefficient (Wildman–Crippen LogP) is 2.17. The van der Waals surface area contributed by atoms with Crippen molar-refractivity contribution < 1.29 is 22.3 Å². The summed E-state index contributed by atoms with van der Waals surface area (Å²) in [7, 11) is -2.23. The Kier molecular flexibility index (Phi) is 6.51. The zero-order chi connectivity index (χ0) is 21.0. The normalized spacial score (nSPS) is 16.9. The van der Waals surface area contributed by atoms with Crippen LogP contribution in [-0.2, 0) is 14.8 Å². The number of methoxy groups -OCH3 is 1. The van der Waals surface area contributed by atoms with E-state index >= 15 is 0 Å². The van der Waals surface area contributed by atoms with E-state index in [2.05, 4.69) is 5.32 Å². The molecule has 3 rings (SSSR count). The van der Waals surface area contributed by atoms with Gasteiger partial charge in [-0.1, -0.05) is 18.2 Å². The van der Waals surface area contributed by atoms with Crippen molar-refractivity contribution in [2.24, 2.45) is 0 Å². The maximum atomic E-state index is 13.4. The van der Waals surface area contributed by atoms with Crippen LogP contribution < -0.4 is 10.1 Å². The Bertz CT molecular complexity index is 975. The van der Waals surface area contributed by atoms with Gasteiger partial charge in [0.05, 0.1) is 23.7 Å². The fourth-order valence-corrected chi connectivity index (χ4v) is 4.71. The lowest BCUT2D eigenvalue weighted by molar-refractivity contribution is -0.121. The molecule has 0 saturated carbocycles. The van der Waals surface area contributed by atoms with Crippen LogP contribution in [0, 0.1) is 5.82 Å². The topological polar surface area (TPSA) is 79.0 Å². The van der Waals surface area contributed by atoms with E-state index in [0.29, 0.717) is 24.5 Å². The van der Waals surface area contributed by atoms with Crippen LogP contribution in [0.3, 0.4) is 0 Å². The van der Waals surface area contributed by atoms with Crippen molar-refractivity contribution in [1.29, 1.82) is 0 Å². The predicted molar refractivity (Wildman–Crippen MR) is 108 cm³/mol. The Morgan fingerprint density at radius 3 is 2.45 bits per heavy atom. The zero-order valence-corrected chi connectivity index (χ0v) is 17.2. The highest BCUT2D eigenvalue weighted by atomic mass is 32.2. The van der Waals surface area contributed by atoms with Gasteiger partial charge in [-0.25, -0.2) is 12.8 Å². The Morgan fingerprint density at radius 2 is 1.79 bits per heavy atom. The molecule has 0 aliphatic carbocycles. The van der Waals surface area contributed by atoms with Gasteiger partial charge in [-0.05, 0) is 37.3 Å². The highest BCUT2D eigenvalue weighted by Gasteiger charge is 2.32. The number of carbonyl (C=O) groups is 1. The quantitative estimate of drug-likeness (QED) is 0.773. The van der Waals surface area contributed by atoms with Crippen molar-refractivity contribution in [3.8, 4) is 5.75 Å². The first-order valence-corrected chi connectivity index (χ1v) is 10.7. The summed E-state index contributed by atoms with van der Waals surface area (Å²) in [5.41, 5.74) is 0.583. The first-order chi connectivity index (χ1) is 13.8. The molecule has 0 bridgehead atoms. The largest absolute Gasteiger partial charge is 0.495 e. The smallest absolute Gasteiger partial charge is 0.243 e. The van der Waals surface area contributed by atoms with E-state index in [0.717, 1.165) is 6.07 Å². The fourth-order valence-electron chi connectivity index (χ4n) is 3.26. The maximum absolute atomic E-state index is 13.4. The van der Waals surface area contributed by atoms with Gasteiger partial charge in [0.2, 0.25) is 15.9 Å². The van der Waals surface area contributed by atoms with Crippen LogP contribution in [0.4, 0.5) is 10.1 Å². The van der Waals surface area contributed by atoms with Gasteiger partial charge < -0.3 is 10.1 Å². The van der Waals surface area contributed by atoms with Crippen LogP contribution in [0.25, 0.3) is 0 Å². The van der Waals surface area contributed by atoms with Crippen molar-refractivity contribution in [3.05, 3.63) is 54.3 Å². The first-order valence-electron chi connectivity index (χ1n) is 9.26. The van der Waals surface area contributed by atoms with Gasteiger partial charge in [0.1, 0.15) is 11.6 Å². The van der Waals surface area contributed by atoms with Crippen LogP contribution in [0.2, 0.25) is 0 Å². The lowest BCUT2D eigenvalue weighted by atomic mass is 10.2. The number of nitrogens with zero attached hydrogens (tertiary/aromatic N) is 2. The van der Waals surface area contributed by atoms with Crippen molar-refractivity contribution in [2.75, 3.05) is 38.6 Å². The van der Waals surface area contributed by atoms with Crippen molar-refractivity contribution >= 4 is 21.6 Å². The maximum Gasteiger partial charge on any atom is 0.243 e. The Balaban J connectivity index is 1.62. The van der Waals surface area contributed by atoms with Crippen LogP contribution in [-0.4, -0.2) is 62.9 Å². The molecule has 1 aliphatic rings. The number of amides is 1. The molecule has 2 aromatic rings. The molecule has 1 N–H and O–H groups in total. The number of sulfonamides is 1. The number of piperazine rings is 1. The van der Waals surface area contributed by atoms with Gasteiger partial charge in [0.25, 0.3) is 0 Å². The molecule has 0 spiro atoms. The highest BCUT2D eigenvalue weighted by Crippen LogP contribution is 2.24. The molecule has 1 fully saturated rings. The molecule has 156 valence electrons. The molecule has 7 nitrogen and oxygen atoms in total. The number of hydrogen-bond donors (Lipinski definition) is 1. The molecule has 0 radical (unpaired) electrons. The molecule has 0 aromatic heterocycles.